The molecule has 2 aromatic heterocycles. The molecule has 12 heteroatoms. The Labute approximate surface area is 334 Å². The number of para-hydroxylation sites is 2. The molecule has 0 saturated carbocycles. The number of rotatable bonds is 12. The van der Waals surface area contributed by atoms with Gasteiger partial charge in [-0.2, -0.15) is 20.7 Å². The van der Waals surface area contributed by atoms with Crippen LogP contribution in [0.4, 0.5) is 11.4 Å². The number of ether oxygens (including phenoxy) is 2. The number of hydrogen-bond donors (Lipinski definition) is 2. The zero-order chi connectivity index (χ0) is 40.4. The lowest BCUT2D eigenvalue weighted by atomic mass is 10.1. The lowest BCUT2D eigenvalue weighted by Crippen LogP contribution is -2.15. The van der Waals surface area contributed by atoms with Crippen LogP contribution in [0.25, 0.3) is 46.0 Å². The third-order valence-corrected chi connectivity index (χ3v) is 8.98. The van der Waals surface area contributed by atoms with Crippen LogP contribution in [0.15, 0.2) is 157 Å². The molecule has 12 nitrogen and oxygen atoms in total. The monoisotopic (exact) mass is 762 g/mol. The molecule has 7 rings (SSSR count). The Balaban J connectivity index is 1.09. The molecule has 0 saturated heterocycles. The van der Waals surface area contributed by atoms with Gasteiger partial charge in [0.2, 0.25) is 0 Å². The number of nitrogens with zero attached hydrogens (tertiary/aromatic N) is 6. The fourth-order valence-corrected chi connectivity index (χ4v) is 6.00. The minimum atomic E-state index is -0.633. The zero-order valence-electron chi connectivity index (χ0n) is 31.3. The summed E-state index contributed by atoms with van der Waals surface area (Å²) in [5, 5.41) is 35.2. The highest BCUT2D eigenvalue weighted by Gasteiger charge is 2.18. The van der Waals surface area contributed by atoms with Crippen LogP contribution in [0.3, 0.4) is 0 Å². The summed E-state index contributed by atoms with van der Waals surface area (Å²) in [6.07, 6.45) is 6.51. The van der Waals surface area contributed by atoms with Crippen LogP contribution < -0.4 is 20.1 Å². The van der Waals surface area contributed by atoms with Crippen molar-refractivity contribution < 1.29 is 19.1 Å². The van der Waals surface area contributed by atoms with Crippen molar-refractivity contribution in [3.05, 3.63) is 168 Å². The molecule has 0 aliphatic rings. The van der Waals surface area contributed by atoms with Crippen molar-refractivity contribution in [2.24, 2.45) is 0 Å². The second-order valence-electron chi connectivity index (χ2n) is 12.7. The van der Waals surface area contributed by atoms with Gasteiger partial charge in [0.15, 0.2) is 0 Å². The SMILES string of the molecule is COc1ccc(-c2nn(-c3ccccc3)cc2/C=C(\C#N)C(=O)Nc2ccc(NC(=O)/C(C#N)=C/c3cn(-c4ccccc4)nc3-c3ccc(OC)cc3)cc2)cc1. The van der Waals surface area contributed by atoms with Gasteiger partial charge in [-0.3, -0.25) is 9.59 Å². The van der Waals surface area contributed by atoms with Crippen molar-refractivity contribution >= 4 is 35.3 Å². The Morgan fingerprint density at radius 1 is 0.552 bits per heavy atom. The average Bonchev–Trinajstić information content (AvgIpc) is 3.90. The van der Waals surface area contributed by atoms with E-state index in [2.05, 4.69) is 10.6 Å². The molecule has 0 aliphatic heterocycles. The minimum Gasteiger partial charge on any atom is -0.497 e. The molecule has 0 spiro atoms. The van der Waals surface area contributed by atoms with Crippen LogP contribution in [-0.2, 0) is 9.59 Å². The Morgan fingerprint density at radius 2 is 0.914 bits per heavy atom. The highest BCUT2D eigenvalue weighted by molar-refractivity contribution is 6.11. The van der Waals surface area contributed by atoms with Gasteiger partial charge in [-0.1, -0.05) is 36.4 Å². The van der Waals surface area contributed by atoms with E-state index in [1.165, 1.54) is 12.2 Å². The maximum atomic E-state index is 13.4. The van der Waals surface area contributed by atoms with Crippen molar-refractivity contribution in [3.63, 3.8) is 0 Å². The van der Waals surface area contributed by atoms with E-state index in [1.54, 1.807) is 60.2 Å². The molecule has 282 valence electrons. The second-order valence-corrected chi connectivity index (χ2v) is 12.7. The molecule has 7 aromatic rings. The number of benzene rings is 5. The molecule has 5 aromatic carbocycles. The van der Waals surface area contributed by atoms with Gasteiger partial charge in [-0.25, -0.2) is 9.36 Å². The van der Waals surface area contributed by atoms with Gasteiger partial charge >= 0.3 is 0 Å². The standard InChI is InChI=1S/C46H34N8O4/c1-57-41-21-13-31(14-22-41)43-35(29-53(51-43)39-9-5-3-6-10-39)25-33(27-47)45(55)49-37-17-19-38(20-18-37)50-46(56)34(28-48)26-36-30-54(40-11-7-4-8-12-40)52-44(36)32-15-23-42(58-2)24-16-32/h3-26,29-30H,1-2H3,(H,49,55)(H,50,56)/b33-25+,34-26+. The van der Waals surface area contributed by atoms with Gasteiger partial charge in [0.25, 0.3) is 11.8 Å². The normalized spacial score (nSPS) is 11.2. The van der Waals surface area contributed by atoms with Gasteiger partial charge in [-0.05, 0) is 109 Å². The van der Waals surface area contributed by atoms with Gasteiger partial charge in [0.1, 0.15) is 34.8 Å². The molecule has 58 heavy (non-hydrogen) atoms. The van der Waals surface area contributed by atoms with Gasteiger partial charge in [0.05, 0.1) is 37.0 Å². The van der Waals surface area contributed by atoms with Crippen molar-refractivity contribution in [1.82, 2.24) is 19.6 Å². The number of aromatic nitrogens is 4. The lowest BCUT2D eigenvalue weighted by Gasteiger charge is -2.08. The summed E-state index contributed by atoms with van der Waals surface area (Å²) in [5.74, 6) is 0.0935. The minimum absolute atomic E-state index is 0.145. The number of hydrogen-bond acceptors (Lipinski definition) is 8. The molecule has 0 radical (unpaired) electrons. The molecular weight excluding hydrogens is 729 g/mol. The fraction of sp³-hybridized carbons (Fsp3) is 0.0435. The summed E-state index contributed by atoms with van der Waals surface area (Å²) < 4.78 is 14.0. The maximum absolute atomic E-state index is 13.4. The Morgan fingerprint density at radius 3 is 1.24 bits per heavy atom. The van der Waals surface area contributed by atoms with Gasteiger partial charge in [0, 0.05) is 46.0 Å². The van der Waals surface area contributed by atoms with Crippen LogP contribution in [-0.4, -0.2) is 45.6 Å². The number of methoxy groups -OCH3 is 2. The Bertz CT molecular complexity index is 2530. The molecular formula is C46H34N8O4. The molecule has 2 N–H and O–H groups in total. The predicted molar refractivity (Wildman–Crippen MR) is 222 cm³/mol. The number of carbonyl (C=O) groups is 2. The van der Waals surface area contributed by atoms with Crippen LogP contribution in [0, 0.1) is 22.7 Å². The number of nitrogens with one attached hydrogen (secondary N) is 2. The highest BCUT2D eigenvalue weighted by Crippen LogP contribution is 2.30. The molecule has 0 bridgehead atoms. The van der Waals surface area contributed by atoms with Crippen LogP contribution in [0.1, 0.15) is 11.1 Å². The molecule has 0 unspecified atom stereocenters. The van der Waals surface area contributed by atoms with E-state index in [-0.39, 0.29) is 11.1 Å². The van der Waals surface area contributed by atoms with E-state index in [1.807, 2.05) is 121 Å². The first kappa shape index (κ1) is 37.8. The molecule has 0 fully saturated rings. The van der Waals surface area contributed by atoms with E-state index in [4.69, 9.17) is 19.7 Å². The van der Waals surface area contributed by atoms with E-state index in [9.17, 15) is 20.1 Å². The highest BCUT2D eigenvalue weighted by atomic mass is 16.5. The smallest absolute Gasteiger partial charge is 0.266 e. The second kappa shape index (κ2) is 17.3. The Kier molecular flexibility index (Phi) is 11.3. The summed E-state index contributed by atoms with van der Waals surface area (Å²) in [7, 11) is 3.17. The third-order valence-electron chi connectivity index (χ3n) is 8.98. The lowest BCUT2D eigenvalue weighted by molar-refractivity contribution is -0.113. The summed E-state index contributed by atoms with van der Waals surface area (Å²) >= 11 is 0. The van der Waals surface area contributed by atoms with E-state index < -0.39 is 11.8 Å². The maximum Gasteiger partial charge on any atom is 0.266 e. The number of amides is 2. The summed E-state index contributed by atoms with van der Waals surface area (Å²) in [6.45, 7) is 0. The van der Waals surface area contributed by atoms with Crippen LogP contribution in [0.5, 0.6) is 11.5 Å². The van der Waals surface area contributed by atoms with Gasteiger partial charge < -0.3 is 20.1 Å². The van der Waals surface area contributed by atoms with Crippen molar-refractivity contribution in [2.45, 2.75) is 0 Å². The average molecular weight is 763 g/mol. The Hall–Kier alpha value is -8.48. The topological polar surface area (TPSA) is 160 Å². The van der Waals surface area contributed by atoms with Crippen LogP contribution in [0.2, 0.25) is 0 Å². The quantitative estimate of drug-likeness (QED) is 0.0926. The largest absolute Gasteiger partial charge is 0.497 e. The zero-order valence-corrected chi connectivity index (χ0v) is 31.3. The van der Waals surface area contributed by atoms with Crippen molar-refractivity contribution in [3.8, 4) is 57.5 Å². The van der Waals surface area contributed by atoms with Crippen LogP contribution >= 0.6 is 0 Å². The van der Waals surface area contributed by atoms with E-state index >= 15 is 0 Å². The first-order valence-electron chi connectivity index (χ1n) is 17.9. The van der Waals surface area contributed by atoms with Crippen molar-refractivity contribution in [2.75, 3.05) is 24.9 Å². The summed E-state index contributed by atoms with van der Waals surface area (Å²) in [5.41, 5.74) is 5.89. The summed E-state index contributed by atoms with van der Waals surface area (Å²) in [4.78, 5) is 26.8. The van der Waals surface area contributed by atoms with Crippen molar-refractivity contribution in [1.29, 1.82) is 10.5 Å². The van der Waals surface area contributed by atoms with E-state index in [0.29, 0.717) is 45.4 Å². The summed E-state index contributed by atoms with van der Waals surface area (Å²) in [6, 6.07) is 44.0. The third kappa shape index (κ3) is 8.57. The number of carbonyl (C=O) groups excluding carboxylic acids is 2. The van der Waals surface area contributed by atoms with E-state index in [0.717, 1.165) is 22.5 Å². The molecule has 0 atom stereocenters. The number of anilines is 2. The molecule has 2 heterocycles. The first-order valence-corrected chi connectivity index (χ1v) is 17.9. The fourth-order valence-electron chi connectivity index (χ4n) is 6.00. The molecule has 0 aliphatic carbocycles. The first-order chi connectivity index (χ1) is 28.3. The molecule has 2 amide bonds. The predicted octanol–water partition coefficient (Wildman–Crippen LogP) is 8.50. The number of nitriles is 2. The van der Waals surface area contributed by atoms with Gasteiger partial charge in [-0.15, -0.1) is 0 Å².